The maximum Gasteiger partial charge on any atom is 0.255 e. The van der Waals surface area contributed by atoms with Gasteiger partial charge in [0, 0.05) is 31.0 Å². The lowest BCUT2D eigenvalue weighted by Gasteiger charge is -2.30. The van der Waals surface area contributed by atoms with Crippen LogP contribution in [0.1, 0.15) is 23.2 Å². The monoisotopic (exact) mass is 260 g/mol. The first-order valence-electron chi connectivity index (χ1n) is 6.70. The second-order valence-electron chi connectivity index (χ2n) is 5.15. The highest BCUT2D eigenvalue weighted by Crippen LogP contribution is 2.20. The van der Waals surface area contributed by atoms with Crippen LogP contribution in [-0.2, 0) is 0 Å². The fraction of sp³-hybridized carbons (Fsp3) is 0.400. The van der Waals surface area contributed by atoms with Crippen LogP contribution >= 0.6 is 0 Å². The van der Waals surface area contributed by atoms with Gasteiger partial charge in [-0.15, -0.1) is 0 Å². The summed E-state index contributed by atoms with van der Waals surface area (Å²) in [6.45, 7) is 1.07. The summed E-state index contributed by atoms with van der Waals surface area (Å²) in [4.78, 5) is 14.2. The van der Waals surface area contributed by atoms with Crippen molar-refractivity contribution in [2.24, 2.45) is 5.92 Å². The van der Waals surface area contributed by atoms with Crippen LogP contribution in [0, 0.1) is 5.92 Å². The van der Waals surface area contributed by atoms with Crippen LogP contribution in [0.2, 0.25) is 0 Å². The first-order chi connectivity index (χ1) is 9.28. The molecule has 2 aromatic heterocycles. The standard InChI is InChI=1S/C15H17FN2O/c16-10-12-4-7-17(8-5-12)15(19)13-9-14-3-1-2-6-18(14)11-13/h1-3,6,9,11-12H,4-5,7-8,10H2. The highest BCUT2D eigenvalue weighted by Gasteiger charge is 2.24. The summed E-state index contributed by atoms with van der Waals surface area (Å²) in [7, 11) is 0. The minimum absolute atomic E-state index is 0.0565. The number of carbonyl (C=O) groups is 1. The number of aromatic nitrogens is 1. The van der Waals surface area contributed by atoms with Gasteiger partial charge in [-0.2, -0.15) is 0 Å². The van der Waals surface area contributed by atoms with Gasteiger partial charge in [0.25, 0.3) is 5.91 Å². The molecule has 0 atom stereocenters. The summed E-state index contributed by atoms with van der Waals surface area (Å²) in [6.07, 6.45) is 5.34. The van der Waals surface area contributed by atoms with Crippen molar-refractivity contribution in [2.75, 3.05) is 19.8 Å². The maximum atomic E-state index is 12.6. The van der Waals surface area contributed by atoms with Crippen LogP contribution in [0.4, 0.5) is 4.39 Å². The molecule has 3 rings (SSSR count). The molecule has 0 radical (unpaired) electrons. The molecule has 1 fully saturated rings. The van der Waals surface area contributed by atoms with E-state index < -0.39 is 0 Å². The first kappa shape index (κ1) is 12.2. The number of fused-ring (bicyclic) bond motifs is 1. The Morgan fingerprint density at radius 2 is 2.11 bits per heavy atom. The van der Waals surface area contributed by atoms with Crippen molar-refractivity contribution < 1.29 is 9.18 Å². The molecule has 100 valence electrons. The number of rotatable bonds is 2. The number of likely N-dealkylation sites (tertiary alicyclic amines) is 1. The zero-order chi connectivity index (χ0) is 13.2. The number of pyridine rings is 1. The van der Waals surface area contributed by atoms with Crippen molar-refractivity contribution in [3.63, 3.8) is 0 Å². The molecule has 1 amide bonds. The molecule has 1 aliphatic heterocycles. The molecule has 1 aliphatic rings. The Kier molecular flexibility index (Phi) is 3.23. The summed E-state index contributed by atoms with van der Waals surface area (Å²) < 4.78 is 14.5. The van der Waals surface area contributed by atoms with E-state index in [2.05, 4.69) is 0 Å². The van der Waals surface area contributed by atoms with Gasteiger partial charge in [-0.3, -0.25) is 9.18 Å². The van der Waals surface area contributed by atoms with Crippen LogP contribution in [0.15, 0.2) is 36.7 Å². The number of piperidine rings is 1. The van der Waals surface area contributed by atoms with E-state index in [1.165, 1.54) is 0 Å². The van der Waals surface area contributed by atoms with Crippen LogP contribution in [-0.4, -0.2) is 35.0 Å². The van der Waals surface area contributed by atoms with E-state index in [1.807, 2.05) is 46.0 Å². The Labute approximate surface area is 111 Å². The van der Waals surface area contributed by atoms with Gasteiger partial charge in [-0.05, 0) is 37.0 Å². The van der Waals surface area contributed by atoms with E-state index >= 15 is 0 Å². The van der Waals surface area contributed by atoms with Gasteiger partial charge < -0.3 is 9.30 Å². The van der Waals surface area contributed by atoms with E-state index in [0.29, 0.717) is 18.7 Å². The minimum Gasteiger partial charge on any atom is -0.339 e. The van der Waals surface area contributed by atoms with E-state index in [9.17, 15) is 9.18 Å². The lowest BCUT2D eigenvalue weighted by atomic mass is 9.98. The molecule has 4 heteroatoms. The Balaban J connectivity index is 1.77. The molecule has 3 nitrogen and oxygen atoms in total. The van der Waals surface area contributed by atoms with Gasteiger partial charge in [0.05, 0.1) is 12.2 Å². The van der Waals surface area contributed by atoms with Crippen LogP contribution in [0.5, 0.6) is 0 Å². The Bertz CT molecular complexity index is 552. The molecule has 0 bridgehead atoms. The highest BCUT2D eigenvalue weighted by molar-refractivity contribution is 5.95. The number of nitrogens with zero attached hydrogens (tertiary/aromatic N) is 2. The topological polar surface area (TPSA) is 24.7 Å². The molecule has 0 aromatic carbocycles. The summed E-state index contributed by atoms with van der Waals surface area (Å²) >= 11 is 0. The predicted molar refractivity (Wildman–Crippen MR) is 72.0 cm³/mol. The molecular weight excluding hydrogens is 243 g/mol. The maximum absolute atomic E-state index is 12.6. The van der Waals surface area contributed by atoms with Crippen molar-refractivity contribution in [2.45, 2.75) is 12.8 Å². The molecule has 1 saturated heterocycles. The molecule has 0 N–H and O–H groups in total. The molecule has 0 aliphatic carbocycles. The van der Waals surface area contributed by atoms with Gasteiger partial charge in [-0.25, -0.2) is 0 Å². The van der Waals surface area contributed by atoms with Crippen LogP contribution < -0.4 is 0 Å². The number of halogens is 1. The average molecular weight is 260 g/mol. The van der Waals surface area contributed by atoms with E-state index in [-0.39, 0.29) is 18.5 Å². The molecule has 0 unspecified atom stereocenters. The molecule has 19 heavy (non-hydrogen) atoms. The second-order valence-corrected chi connectivity index (χ2v) is 5.15. The molecular formula is C15H17FN2O. The zero-order valence-corrected chi connectivity index (χ0v) is 10.8. The third kappa shape index (κ3) is 2.35. The summed E-state index contributed by atoms with van der Waals surface area (Å²) in [6, 6.07) is 7.78. The average Bonchev–Trinajstić information content (AvgIpc) is 2.90. The quantitative estimate of drug-likeness (QED) is 0.815. The Morgan fingerprint density at radius 3 is 2.79 bits per heavy atom. The van der Waals surface area contributed by atoms with Crippen LogP contribution in [0.3, 0.4) is 0 Å². The smallest absolute Gasteiger partial charge is 0.255 e. The molecule has 0 saturated carbocycles. The van der Waals surface area contributed by atoms with Gasteiger partial charge in [0.2, 0.25) is 0 Å². The van der Waals surface area contributed by atoms with Gasteiger partial charge >= 0.3 is 0 Å². The predicted octanol–water partition coefficient (Wildman–Crippen LogP) is 2.76. The van der Waals surface area contributed by atoms with Gasteiger partial charge in [0.1, 0.15) is 0 Å². The van der Waals surface area contributed by atoms with Crippen molar-refractivity contribution in [3.05, 3.63) is 42.2 Å². The van der Waals surface area contributed by atoms with E-state index in [1.54, 1.807) is 0 Å². The van der Waals surface area contributed by atoms with Crippen molar-refractivity contribution >= 4 is 11.4 Å². The second kappa shape index (κ2) is 5.03. The third-order valence-corrected chi connectivity index (χ3v) is 3.87. The number of carbonyl (C=O) groups excluding carboxylic acids is 1. The summed E-state index contributed by atoms with van der Waals surface area (Å²) in [5.41, 5.74) is 1.73. The normalized spacial score (nSPS) is 17.0. The Hall–Kier alpha value is -1.84. The molecule has 2 aromatic rings. The number of alkyl halides is 1. The van der Waals surface area contributed by atoms with Crippen molar-refractivity contribution in [1.82, 2.24) is 9.30 Å². The van der Waals surface area contributed by atoms with Crippen molar-refractivity contribution in [3.8, 4) is 0 Å². The first-order valence-corrected chi connectivity index (χ1v) is 6.70. The third-order valence-electron chi connectivity index (χ3n) is 3.87. The lowest BCUT2D eigenvalue weighted by Crippen LogP contribution is -2.38. The van der Waals surface area contributed by atoms with Gasteiger partial charge in [0.15, 0.2) is 0 Å². The van der Waals surface area contributed by atoms with E-state index in [0.717, 1.165) is 18.4 Å². The fourth-order valence-corrected chi connectivity index (χ4v) is 2.65. The number of hydrogen-bond donors (Lipinski definition) is 0. The number of hydrogen-bond acceptors (Lipinski definition) is 1. The largest absolute Gasteiger partial charge is 0.339 e. The fourth-order valence-electron chi connectivity index (χ4n) is 2.65. The summed E-state index contributed by atoms with van der Waals surface area (Å²) in [5, 5.41) is 0. The summed E-state index contributed by atoms with van der Waals surface area (Å²) in [5.74, 6) is 0.193. The Morgan fingerprint density at radius 1 is 1.32 bits per heavy atom. The lowest BCUT2D eigenvalue weighted by molar-refractivity contribution is 0.0678. The molecule has 0 spiro atoms. The number of amides is 1. The minimum atomic E-state index is -0.266. The zero-order valence-electron chi connectivity index (χ0n) is 10.8. The highest BCUT2D eigenvalue weighted by atomic mass is 19.1. The van der Waals surface area contributed by atoms with Crippen molar-refractivity contribution in [1.29, 1.82) is 0 Å². The van der Waals surface area contributed by atoms with Gasteiger partial charge in [-0.1, -0.05) is 6.07 Å². The van der Waals surface area contributed by atoms with E-state index in [4.69, 9.17) is 0 Å². The molecule has 3 heterocycles. The SMILES string of the molecule is O=C(c1cc2ccccn2c1)N1CCC(CF)CC1. The van der Waals surface area contributed by atoms with Crippen LogP contribution in [0.25, 0.3) is 5.52 Å².